The number of halogens is 2. The quantitative estimate of drug-likeness (QED) is 0.797. The topological polar surface area (TPSA) is 52.1 Å². The third-order valence-corrected chi connectivity index (χ3v) is 2.53. The van der Waals surface area contributed by atoms with Gasteiger partial charge in [-0.3, -0.25) is 0 Å². The number of benzene rings is 1. The molecule has 4 nitrogen and oxygen atoms in total. The fourth-order valence-electron chi connectivity index (χ4n) is 1.56. The molecule has 0 aliphatic carbocycles. The van der Waals surface area contributed by atoms with Crippen molar-refractivity contribution in [2.24, 2.45) is 0 Å². The lowest BCUT2D eigenvalue weighted by Crippen LogP contribution is -2.11. The Balaban J connectivity index is 2.30. The van der Waals surface area contributed by atoms with Crippen molar-refractivity contribution >= 4 is 5.97 Å². The maximum atomic E-state index is 14.0. The maximum Gasteiger partial charge on any atom is 0.359 e. The summed E-state index contributed by atoms with van der Waals surface area (Å²) in [6.45, 7) is 0. The normalized spacial score (nSPS) is 10.3. The van der Waals surface area contributed by atoms with Gasteiger partial charge in [0.25, 0.3) is 0 Å². The van der Waals surface area contributed by atoms with Crippen LogP contribution in [0.5, 0.6) is 0 Å². The SMILES string of the molecule is COC(=O)c1ncnc(Cc2ccc(F)cc2)c1F. The summed E-state index contributed by atoms with van der Waals surface area (Å²) in [5.41, 5.74) is 0.325. The van der Waals surface area contributed by atoms with E-state index >= 15 is 0 Å². The molecule has 0 spiro atoms. The van der Waals surface area contributed by atoms with Gasteiger partial charge in [0, 0.05) is 6.42 Å². The number of nitrogens with zero attached hydrogens (tertiary/aromatic N) is 2. The number of esters is 1. The van der Waals surface area contributed by atoms with Crippen LogP contribution in [0.4, 0.5) is 8.78 Å². The van der Waals surface area contributed by atoms with Gasteiger partial charge in [-0.25, -0.2) is 23.5 Å². The van der Waals surface area contributed by atoms with Gasteiger partial charge in [0.1, 0.15) is 12.1 Å². The van der Waals surface area contributed by atoms with Crippen molar-refractivity contribution in [1.29, 1.82) is 0 Å². The number of methoxy groups -OCH3 is 1. The van der Waals surface area contributed by atoms with Crippen molar-refractivity contribution in [2.75, 3.05) is 7.11 Å². The average Bonchev–Trinajstić information content (AvgIpc) is 2.43. The van der Waals surface area contributed by atoms with Crippen LogP contribution in [0.1, 0.15) is 21.7 Å². The molecule has 0 amide bonds. The maximum absolute atomic E-state index is 14.0. The second-order valence-corrected chi connectivity index (χ2v) is 3.78. The summed E-state index contributed by atoms with van der Waals surface area (Å²) in [4.78, 5) is 18.6. The highest BCUT2D eigenvalue weighted by Crippen LogP contribution is 2.14. The molecule has 0 unspecified atom stereocenters. The highest BCUT2D eigenvalue weighted by Gasteiger charge is 2.18. The molecule has 0 aliphatic rings. The number of carbonyl (C=O) groups is 1. The second-order valence-electron chi connectivity index (χ2n) is 3.78. The molecule has 0 bridgehead atoms. The summed E-state index contributed by atoms with van der Waals surface area (Å²) in [7, 11) is 1.14. The number of hydrogen-bond acceptors (Lipinski definition) is 4. The van der Waals surface area contributed by atoms with Gasteiger partial charge in [-0.05, 0) is 17.7 Å². The van der Waals surface area contributed by atoms with Crippen LogP contribution in [-0.2, 0) is 11.2 Å². The molecule has 0 fully saturated rings. The smallest absolute Gasteiger partial charge is 0.359 e. The lowest BCUT2D eigenvalue weighted by atomic mass is 10.1. The highest BCUT2D eigenvalue weighted by atomic mass is 19.1. The van der Waals surface area contributed by atoms with Crippen LogP contribution in [0.3, 0.4) is 0 Å². The van der Waals surface area contributed by atoms with Gasteiger partial charge >= 0.3 is 5.97 Å². The number of hydrogen-bond donors (Lipinski definition) is 0. The van der Waals surface area contributed by atoms with Crippen LogP contribution in [0.2, 0.25) is 0 Å². The van der Waals surface area contributed by atoms with Gasteiger partial charge in [0.05, 0.1) is 12.8 Å². The molecule has 0 aliphatic heterocycles. The molecule has 0 radical (unpaired) electrons. The Morgan fingerprint density at radius 3 is 2.53 bits per heavy atom. The molecule has 1 heterocycles. The number of ether oxygens (including phenoxy) is 1. The van der Waals surface area contributed by atoms with Crippen molar-refractivity contribution in [3.8, 4) is 0 Å². The predicted octanol–water partition coefficient (Wildman–Crippen LogP) is 2.13. The minimum absolute atomic E-state index is 0.0574. The van der Waals surface area contributed by atoms with E-state index in [-0.39, 0.29) is 17.9 Å². The van der Waals surface area contributed by atoms with Crippen molar-refractivity contribution in [3.63, 3.8) is 0 Å². The van der Waals surface area contributed by atoms with Gasteiger partial charge in [-0.1, -0.05) is 12.1 Å². The van der Waals surface area contributed by atoms with Crippen LogP contribution in [0, 0.1) is 11.6 Å². The van der Waals surface area contributed by atoms with Crippen LogP contribution >= 0.6 is 0 Å². The lowest BCUT2D eigenvalue weighted by molar-refractivity contribution is 0.0587. The zero-order valence-electron chi connectivity index (χ0n) is 10.1. The van der Waals surface area contributed by atoms with Crippen molar-refractivity contribution in [1.82, 2.24) is 9.97 Å². The Morgan fingerprint density at radius 1 is 1.21 bits per heavy atom. The van der Waals surface area contributed by atoms with Crippen LogP contribution < -0.4 is 0 Å². The van der Waals surface area contributed by atoms with Gasteiger partial charge < -0.3 is 4.74 Å². The zero-order valence-corrected chi connectivity index (χ0v) is 10.1. The van der Waals surface area contributed by atoms with Gasteiger partial charge in [-0.2, -0.15) is 0 Å². The molecule has 1 aromatic heterocycles. The van der Waals surface area contributed by atoms with E-state index in [1.165, 1.54) is 24.3 Å². The first-order valence-electron chi connectivity index (χ1n) is 5.44. The fourth-order valence-corrected chi connectivity index (χ4v) is 1.56. The molecule has 0 atom stereocenters. The Kier molecular flexibility index (Phi) is 3.79. The highest BCUT2D eigenvalue weighted by molar-refractivity contribution is 5.87. The standard InChI is InChI=1S/C13H10F2N2O2/c1-19-13(18)12-11(15)10(16-7-17-12)6-8-2-4-9(14)5-3-8/h2-5,7H,6H2,1H3. The third kappa shape index (κ3) is 2.90. The third-order valence-electron chi connectivity index (χ3n) is 2.53. The van der Waals surface area contributed by atoms with Crippen molar-refractivity contribution in [3.05, 3.63) is 59.2 Å². The summed E-state index contributed by atoms with van der Waals surface area (Å²) in [5, 5.41) is 0. The van der Waals surface area contributed by atoms with Gasteiger partial charge in [-0.15, -0.1) is 0 Å². The molecule has 2 rings (SSSR count). The predicted molar refractivity (Wildman–Crippen MR) is 62.5 cm³/mol. The monoisotopic (exact) mass is 264 g/mol. The Labute approximate surface area is 108 Å². The molecule has 0 saturated carbocycles. The first-order chi connectivity index (χ1) is 9.11. The molecule has 2 aromatic rings. The molecule has 1 aromatic carbocycles. The molecule has 98 valence electrons. The number of aromatic nitrogens is 2. The molecule has 0 saturated heterocycles. The first kappa shape index (κ1) is 13.1. The van der Waals surface area contributed by atoms with E-state index in [4.69, 9.17) is 0 Å². The Hall–Kier alpha value is -2.37. The first-order valence-corrected chi connectivity index (χ1v) is 5.44. The molecule has 19 heavy (non-hydrogen) atoms. The van der Waals surface area contributed by atoms with Gasteiger partial charge in [0.15, 0.2) is 11.5 Å². The summed E-state index contributed by atoms with van der Waals surface area (Å²) >= 11 is 0. The van der Waals surface area contributed by atoms with E-state index < -0.39 is 17.5 Å². The van der Waals surface area contributed by atoms with E-state index in [9.17, 15) is 13.6 Å². The van der Waals surface area contributed by atoms with Crippen molar-refractivity contribution in [2.45, 2.75) is 6.42 Å². The summed E-state index contributed by atoms with van der Waals surface area (Å²) in [6.07, 6.45) is 1.23. The van der Waals surface area contributed by atoms with E-state index in [1.54, 1.807) is 0 Å². The fraction of sp³-hybridized carbons (Fsp3) is 0.154. The van der Waals surface area contributed by atoms with Crippen LogP contribution in [0.25, 0.3) is 0 Å². The summed E-state index contributed by atoms with van der Waals surface area (Å²) in [6, 6.07) is 5.59. The number of rotatable bonds is 3. The average molecular weight is 264 g/mol. The van der Waals surface area contributed by atoms with E-state index in [1.807, 2.05) is 0 Å². The zero-order chi connectivity index (χ0) is 13.8. The second kappa shape index (κ2) is 5.51. The van der Waals surface area contributed by atoms with Crippen molar-refractivity contribution < 1.29 is 18.3 Å². The molecular formula is C13H10F2N2O2. The Morgan fingerprint density at radius 2 is 1.89 bits per heavy atom. The van der Waals surface area contributed by atoms with E-state index in [2.05, 4.69) is 14.7 Å². The molecule has 6 heteroatoms. The largest absolute Gasteiger partial charge is 0.464 e. The van der Waals surface area contributed by atoms with Crippen LogP contribution in [0.15, 0.2) is 30.6 Å². The Bertz CT molecular complexity index is 600. The summed E-state index contributed by atoms with van der Waals surface area (Å²) < 4.78 is 31.2. The van der Waals surface area contributed by atoms with Gasteiger partial charge in [0.2, 0.25) is 0 Å². The minimum Gasteiger partial charge on any atom is -0.464 e. The van der Waals surface area contributed by atoms with E-state index in [0.29, 0.717) is 5.56 Å². The molecule has 0 N–H and O–H groups in total. The van der Waals surface area contributed by atoms with Crippen LogP contribution in [-0.4, -0.2) is 23.0 Å². The van der Waals surface area contributed by atoms with E-state index in [0.717, 1.165) is 13.4 Å². The summed E-state index contributed by atoms with van der Waals surface area (Å²) in [5.74, 6) is -2.05. The number of carbonyl (C=O) groups excluding carboxylic acids is 1. The molecular weight excluding hydrogens is 254 g/mol. The minimum atomic E-state index is -0.861. The lowest BCUT2D eigenvalue weighted by Gasteiger charge is -2.05.